The van der Waals surface area contributed by atoms with Crippen LogP contribution in [0.15, 0.2) is 6.20 Å². The van der Waals surface area contributed by atoms with Gasteiger partial charge in [0.25, 0.3) is 0 Å². The maximum absolute atomic E-state index is 13.5. The van der Waals surface area contributed by atoms with Gasteiger partial charge in [0.05, 0.1) is 6.20 Å². The zero-order valence-corrected chi connectivity index (χ0v) is 10.4. The van der Waals surface area contributed by atoms with Crippen molar-refractivity contribution in [2.45, 2.75) is 33.1 Å². The molecule has 0 aromatic carbocycles. The van der Waals surface area contributed by atoms with E-state index in [9.17, 15) is 4.39 Å². The van der Waals surface area contributed by atoms with Crippen LogP contribution in [0, 0.1) is 11.2 Å². The van der Waals surface area contributed by atoms with Crippen LogP contribution in [0.2, 0.25) is 0 Å². The first-order valence-electron chi connectivity index (χ1n) is 6.13. The molecule has 94 valence electrons. The van der Waals surface area contributed by atoms with Crippen LogP contribution in [0.1, 0.15) is 33.1 Å². The highest BCUT2D eigenvalue weighted by Gasteiger charge is 2.37. The normalized spacial score (nSPS) is 16.6. The van der Waals surface area contributed by atoms with E-state index in [4.69, 9.17) is 0 Å². The van der Waals surface area contributed by atoms with Gasteiger partial charge in [-0.1, -0.05) is 13.8 Å². The topological polar surface area (TPSA) is 49.8 Å². The highest BCUT2D eigenvalue weighted by atomic mass is 19.1. The second-order valence-electron chi connectivity index (χ2n) is 4.98. The Morgan fingerprint density at radius 2 is 2.18 bits per heavy atom. The van der Waals surface area contributed by atoms with E-state index in [1.807, 2.05) is 0 Å². The molecule has 17 heavy (non-hydrogen) atoms. The minimum atomic E-state index is -0.392. The van der Waals surface area contributed by atoms with E-state index in [1.165, 1.54) is 19.0 Å². The van der Waals surface area contributed by atoms with Crippen molar-refractivity contribution in [3.8, 4) is 0 Å². The fourth-order valence-corrected chi connectivity index (χ4v) is 1.50. The molecule has 0 radical (unpaired) electrons. The van der Waals surface area contributed by atoms with Crippen LogP contribution in [0.25, 0.3) is 0 Å². The monoisotopic (exact) mass is 238 g/mol. The van der Waals surface area contributed by atoms with Crippen molar-refractivity contribution in [3.05, 3.63) is 12.0 Å². The van der Waals surface area contributed by atoms with E-state index in [1.54, 1.807) is 0 Å². The number of anilines is 2. The van der Waals surface area contributed by atoms with Gasteiger partial charge in [-0.2, -0.15) is 4.98 Å². The summed E-state index contributed by atoms with van der Waals surface area (Å²) < 4.78 is 13.5. The summed E-state index contributed by atoms with van der Waals surface area (Å²) in [5.74, 6) is 0.389. The van der Waals surface area contributed by atoms with E-state index in [0.717, 1.165) is 19.5 Å². The predicted octanol–water partition coefficient (Wildman–Crippen LogP) is 2.65. The van der Waals surface area contributed by atoms with Crippen molar-refractivity contribution in [3.63, 3.8) is 0 Å². The summed E-state index contributed by atoms with van der Waals surface area (Å²) in [7, 11) is 0. The average molecular weight is 238 g/mol. The standard InChI is InChI=1S/C12H19FN4/c1-3-6-14-11-15-7-9(13)10(17-11)16-8-12(2)4-5-12/h7H,3-6,8H2,1-2H3,(H2,14,15,16,17). The Labute approximate surface area is 101 Å². The zero-order valence-electron chi connectivity index (χ0n) is 10.4. The van der Waals surface area contributed by atoms with Crippen LogP contribution in [0.4, 0.5) is 16.2 Å². The Balaban J connectivity index is 1.98. The Morgan fingerprint density at radius 3 is 2.82 bits per heavy atom. The van der Waals surface area contributed by atoms with E-state index in [0.29, 0.717) is 17.2 Å². The molecule has 0 atom stereocenters. The van der Waals surface area contributed by atoms with Crippen molar-refractivity contribution < 1.29 is 4.39 Å². The number of nitrogens with zero attached hydrogens (tertiary/aromatic N) is 2. The van der Waals surface area contributed by atoms with E-state index >= 15 is 0 Å². The van der Waals surface area contributed by atoms with Crippen molar-refractivity contribution in [2.75, 3.05) is 23.7 Å². The Kier molecular flexibility index (Phi) is 3.45. The molecular formula is C12H19FN4. The average Bonchev–Trinajstić information content (AvgIpc) is 3.05. The first-order valence-corrected chi connectivity index (χ1v) is 6.13. The molecule has 2 rings (SSSR count). The van der Waals surface area contributed by atoms with Crippen LogP contribution in [-0.2, 0) is 0 Å². The minimum Gasteiger partial charge on any atom is -0.367 e. The molecule has 4 nitrogen and oxygen atoms in total. The van der Waals surface area contributed by atoms with Gasteiger partial charge in [-0.25, -0.2) is 9.37 Å². The number of hydrogen-bond acceptors (Lipinski definition) is 4. The third-order valence-electron chi connectivity index (χ3n) is 3.06. The molecule has 1 fully saturated rings. The maximum Gasteiger partial charge on any atom is 0.224 e. The number of hydrogen-bond donors (Lipinski definition) is 2. The molecule has 0 amide bonds. The Bertz CT molecular complexity index is 390. The van der Waals surface area contributed by atoms with Crippen molar-refractivity contribution in [1.29, 1.82) is 0 Å². The third-order valence-corrected chi connectivity index (χ3v) is 3.06. The number of rotatable bonds is 6. The number of halogens is 1. The van der Waals surface area contributed by atoms with Gasteiger partial charge in [-0.15, -0.1) is 0 Å². The van der Waals surface area contributed by atoms with Crippen LogP contribution < -0.4 is 10.6 Å². The third kappa shape index (κ3) is 3.28. The van der Waals surface area contributed by atoms with Crippen LogP contribution in [0.5, 0.6) is 0 Å². The van der Waals surface area contributed by atoms with Crippen molar-refractivity contribution in [1.82, 2.24) is 9.97 Å². The highest BCUT2D eigenvalue weighted by molar-refractivity contribution is 5.41. The number of aromatic nitrogens is 2. The van der Waals surface area contributed by atoms with Gasteiger partial charge in [-0.05, 0) is 24.7 Å². The molecule has 0 bridgehead atoms. The molecular weight excluding hydrogens is 219 g/mol. The summed E-state index contributed by atoms with van der Waals surface area (Å²) >= 11 is 0. The molecule has 0 aliphatic heterocycles. The highest BCUT2D eigenvalue weighted by Crippen LogP contribution is 2.44. The lowest BCUT2D eigenvalue weighted by molar-refractivity contribution is 0.590. The van der Waals surface area contributed by atoms with Crippen molar-refractivity contribution >= 4 is 11.8 Å². The summed E-state index contributed by atoms with van der Waals surface area (Å²) in [5, 5.41) is 6.11. The largest absolute Gasteiger partial charge is 0.367 e. The lowest BCUT2D eigenvalue weighted by Gasteiger charge is -2.12. The smallest absolute Gasteiger partial charge is 0.224 e. The van der Waals surface area contributed by atoms with Gasteiger partial charge < -0.3 is 10.6 Å². The fourth-order valence-electron chi connectivity index (χ4n) is 1.50. The summed E-state index contributed by atoms with van der Waals surface area (Å²) in [6.07, 6.45) is 4.60. The fraction of sp³-hybridized carbons (Fsp3) is 0.667. The maximum atomic E-state index is 13.5. The lowest BCUT2D eigenvalue weighted by Crippen LogP contribution is -2.15. The lowest BCUT2D eigenvalue weighted by atomic mass is 10.1. The SMILES string of the molecule is CCCNc1ncc(F)c(NCC2(C)CC2)n1. The van der Waals surface area contributed by atoms with Crippen LogP contribution in [-0.4, -0.2) is 23.1 Å². The quantitative estimate of drug-likeness (QED) is 0.800. The van der Waals surface area contributed by atoms with Gasteiger partial charge in [0.1, 0.15) is 0 Å². The van der Waals surface area contributed by atoms with Gasteiger partial charge in [0.2, 0.25) is 5.95 Å². The summed E-state index contributed by atoms with van der Waals surface area (Å²) in [4.78, 5) is 8.03. The molecule has 0 spiro atoms. The number of nitrogens with one attached hydrogen (secondary N) is 2. The van der Waals surface area contributed by atoms with Crippen LogP contribution in [0.3, 0.4) is 0 Å². The molecule has 1 aromatic rings. The summed E-state index contributed by atoms with van der Waals surface area (Å²) in [6.45, 7) is 5.82. The molecule has 1 aromatic heterocycles. The molecule has 1 aliphatic rings. The predicted molar refractivity (Wildman–Crippen MR) is 66.6 cm³/mol. The molecule has 0 unspecified atom stereocenters. The second-order valence-corrected chi connectivity index (χ2v) is 4.98. The van der Waals surface area contributed by atoms with E-state index < -0.39 is 5.82 Å². The summed E-state index contributed by atoms with van der Waals surface area (Å²) in [5.41, 5.74) is 0.328. The first kappa shape index (κ1) is 12.1. The second kappa shape index (κ2) is 4.85. The molecule has 1 saturated carbocycles. The van der Waals surface area contributed by atoms with E-state index in [2.05, 4.69) is 34.4 Å². The molecule has 5 heteroatoms. The Hall–Kier alpha value is -1.39. The summed E-state index contributed by atoms with van der Waals surface area (Å²) in [6, 6.07) is 0. The minimum absolute atomic E-state index is 0.298. The van der Waals surface area contributed by atoms with Gasteiger partial charge in [-0.3, -0.25) is 0 Å². The molecule has 1 heterocycles. The van der Waals surface area contributed by atoms with Gasteiger partial charge >= 0.3 is 0 Å². The Morgan fingerprint density at radius 1 is 1.41 bits per heavy atom. The molecule has 0 saturated heterocycles. The zero-order chi connectivity index (χ0) is 12.3. The first-order chi connectivity index (χ1) is 8.13. The van der Waals surface area contributed by atoms with Crippen LogP contribution >= 0.6 is 0 Å². The molecule has 1 aliphatic carbocycles. The molecule has 2 N–H and O–H groups in total. The van der Waals surface area contributed by atoms with Crippen molar-refractivity contribution in [2.24, 2.45) is 5.41 Å². The van der Waals surface area contributed by atoms with E-state index in [-0.39, 0.29) is 0 Å². The van der Waals surface area contributed by atoms with Gasteiger partial charge in [0, 0.05) is 13.1 Å². The van der Waals surface area contributed by atoms with Gasteiger partial charge in [0.15, 0.2) is 11.6 Å².